The topological polar surface area (TPSA) is 64.0 Å². The molecule has 0 spiro atoms. The van der Waals surface area contributed by atoms with E-state index in [1.807, 2.05) is 43.3 Å². The van der Waals surface area contributed by atoms with Crippen LogP contribution in [0.15, 0.2) is 67.1 Å². The summed E-state index contributed by atoms with van der Waals surface area (Å²) in [5.74, 6) is -1.19. The van der Waals surface area contributed by atoms with Crippen molar-refractivity contribution >= 4 is 11.7 Å². The van der Waals surface area contributed by atoms with Crippen molar-refractivity contribution in [3.05, 3.63) is 89.5 Å². The third-order valence-corrected chi connectivity index (χ3v) is 4.11. The molecule has 0 unspecified atom stereocenters. The maximum atomic E-state index is 12.5. The van der Waals surface area contributed by atoms with Gasteiger partial charge in [-0.2, -0.15) is 0 Å². The molecular formula is C20H19N3O2. The molecule has 0 saturated heterocycles. The molecule has 0 aliphatic carbocycles. The van der Waals surface area contributed by atoms with Crippen LogP contribution in [0.3, 0.4) is 0 Å². The van der Waals surface area contributed by atoms with E-state index >= 15 is 0 Å². The number of aromatic nitrogens is 2. The van der Waals surface area contributed by atoms with Gasteiger partial charge >= 0.3 is 0 Å². The Bertz CT molecular complexity index is 883. The number of benzene rings is 1. The van der Waals surface area contributed by atoms with E-state index in [1.165, 1.54) is 0 Å². The minimum absolute atomic E-state index is 0.356. The number of pyridine rings is 1. The number of rotatable bonds is 5. The lowest BCUT2D eigenvalue weighted by atomic mass is 9.98. The van der Waals surface area contributed by atoms with Crippen LogP contribution < -0.4 is 5.32 Å². The maximum Gasteiger partial charge on any atom is 0.294 e. The van der Waals surface area contributed by atoms with Gasteiger partial charge in [-0.1, -0.05) is 29.8 Å². The van der Waals surface area contributed by atoms with Gasteiger partial charge in [0.15, 0.2) is 0 Å². The Morgan fingerprint density at radius 3 is 2.24 bits per heavy atom. The predicted octanol–water partition coefficient (Wildman–Crippen LogP) is 2.82. The van der Waals surface area contributed by atoms with Crippen molar-refractivity contribution in [3.8, 4) is 0 Å². The molecule has 0 aliphatic rings. The number of Topliss-reactive ketones (excluding diaryl/α,β-unsaturated/α-hetero) is 1. The van der Waals surface area contributed by atoms with E-state index in [-0.39, 0.29) is 0 Å². The Morgan fingerprint density at radius 2 is 1.64 bits per heavy atom. The molecule has 1 N–H and O–H groups in total. The number of nitrogens with one attached hydrogen (secondary N) is 1. The maximum absolute atomic E-state index is 12.5. The van der Waals surface area contributed by atoms with Gasteiger partial charge in [0.25, 0.3) is 11.7 Å². The molecular weight excluding hydrogens is 314 g/mol. The molecule has 3 rings (SSSR count). The van der Waals surface area contributed by atoms with Crippen LogP contribution in [0.5, 0.6) is 0 Å². The minimum atomic E-state index is -0.635. The van der Waals surface area contributed by atoms with E-state index in [2.05, 4.69) is 10.3 Å². The lowest BCUT2D eigenvalue weighted by Gasteiger charge is -2.19. The first-order chi connectivity index (χ1) is 12.1. The average molecular weight is 333 g/mol. The molecule has 1 atom stereocenters. The van der Waals surface area contributed by atoms with Crippen molar-refractivity contribution in [1.82, 2.24) is 14.9 Å². The van der Waals surface area contributed by atoms with Gasteiger partial charge in [-0.05, 0) is 42.3 Å². The molecule has 25 heavy (non-hydrogen) atoms. The molecule has 3 aromatic rings. The second kappa shape index (κ2) is 7.13. The first kappa shape index (κ1) is 16.6. The van der Waals surface area contributed by atoms with Crippen LogP contribution >= 0.6 is 0 Å². The summed E-state index contributed by atoms with van der Waals surface area (Å²) >= 11 is 0. The first-order valence-corrected chi connectivity index (χ1v) is 7.99. The summed E-state index contributed by atoms with van der Waals surface area (Å²) in [6.07, 6.45) is 5.07. The number of hydrogen-bond donors (Lipinski definition) is 1. The normalized spacial score (nSPS) is 11.8. The Balaban J connectivity index is 1.90. The predicted molar refractivity (Wildman–Crippen MR) is 95.1 cm³/mol. The average Bonchev–Trinajstić information content (AvgIpc) is 3.06. The van der Waals surface area contributed by atoms with Crippen LogP contribution in [0, 0.1) is 6.92 Å². The highest BCUT2D eigenvalue weighted by atomic mass is 16.2. The van der Waals surface area contributed by atoms with Crippen LogP contribution in [-0.4, -0.2) is 21.2 Å². The Hall–Kier alpha value is -3.21. The van der Waals surface area contributed by atoms with E-state index in [1.54, 1.807) is 42.3 Å². The van der Waals surface area contributed by atoms with E-state index in [0.29, 0.717) is 5.69 Å². The lowest BCUT2D eigenvalue weighted by Crippen LogP contribution is -2.35. The van der Waals surface area contributed by atoms with Crippen molar-refractivity contribution in [2.45, 2.75) is 13.0 Å². The molecule has 5 heteroatoms. The lowest BCUT2D eigenvalue weighted by molar-refractivity contribution is -0.117. The fraction of sp³-hybridized carbons (Fsp3) is 0.150. The minimum Gasteiger partial charge on any atom is -0.348 e. The molecule has 1 aromatic carbocycles. The second-order valence-electron chi connectivity index (χ2n) is 5.93. The van der Waals surface area contributed by atoms with Crippen molar-refractivity contribution in [3.63, 3.8) is 0 Å². The zero-order chi connectivity index (χ0) is 17.8. The second-order valence-corrected chi connectivity index (χ2v) is 5.93. The Kier molecular flexibility index (Phi) is 4.75. The van der Waals surface area contributed by atoms with Crippen LogP contribution in [0.4, 0.5) is 0 Å². The van der Waals surface area contributed by atoms with Crippen molar-refractivity contribution in [1.29, 1.82) is 0 Å². The molecule has 0 radical (unpaired) electrons. The number of amides is 1. The SMILES string of the molecule is Cc1ccc([C@H](NC(=O)C(=O)c2cccn2C)c2ccncc2)cc1. The molecule has 5 nitrogen and oxygen atoms in total. The van der Waals surface area contributed by atoms with Gasteiger partial charge in [-0.15, -0.1) is 0 Å². The number of aryl methyl sites for hydroxylation is 2. The van der Waals surface area contributed by atoms with Crippen molar-refractivity contribution in [2.75, 3.05) is 0 Å². The van der Waals surface area contributed by atoms with Crippen LogP contribution in [0.1, 0.15) is 33.2 Å². The molecule has 2 heterocycles. The highest BCUT2D eigenvalue weighted by Gasteiger charge is 2.23. The summed E-state index contributed by atoms with van der Waals surface area (Å²) < 4.78 is 1.63. The first-order valence-electron chi connectivity index (χ1n) is 7.99. The summed E-state index contributed by atoms with van der Waals surface area (Å²) in [6.45, 7) is 2.00. The van der Waals surface area contributed by atoms with E-state index in [4.69, 9.17) is 0 Å². The summed E-state index contributed by atoms with van der Waals surface area (Å²) in [7, 11) is 1.74. The van der Waals surface area contributed by atoms with Gasteiger partial charge in [-0.25, -0.2) is 0 Å². The molecule has 0 bridgehead atoms. The molecule has 1 amide bonds. The van der Waals surface area contributed by atoms with Crippen LogP contribution in [-0.2, 0) is 11.8 Å². The third-order valence-electron chi connectivity index (χ3n) is 4.11. The van der Waals surface area contributed by atoms with Gasteiger partial charge in [-0.3, -0.25) is 14.6 Å². The molecule has 0 saturated carbocycles. The largest absolute Gasteiger partial charge is 0.348 e. The van der Waals surface area contributed by atoms with Gasteiger partial charge in [0.05, 0.1) is 11.7 Å². The summed E-state index contributed by atoms with van der Waals surface area (Å²) in [6, 6.07) is 14.5. The fourth-order valence-corrected chi connectivity index (χ4v) is 2.68. The zero-order valence-corrected chi connectivity index (χ0v) is 14.1. The van der Waals surface area contributed by atoms with Gasteiger partial charge in [0.2, 0.25) is 0 Å². The number of hydrogen-bond acceptors (Lipinski definition) is 3. The highest BCUT2D eigenvalue weighted by Crippen LogP contribution is 2.22. The fourth-order valence-electron chi connectivity index (χ4n) is 2.68. The smallest absolute Gasteiger partial charge is 0.294 e. The Labute approximate surface area is 146 Å². The summed E-state index contributed by atoms with van der Waals surface area (Å²) in [5.41, 5.74) is 3.26. The van der Waals surface area contributed by atoms with E-state index in [9.17, 15) is 9.59 Å². The number of nitrogens with zero attached hydrogens (tertiary/aromatic N) is 2. The number of ketones is 1. The molecule has 0 aliphatic heterocycles. The van der Waals surface area contributed by atoms with Crippen LogP contribution in [0.25, 0.3) is 0 Å². The van der Waals surface area contributed by atoms with Gasteiger partial charge in [0, 0.05) is 25.6 Å². The highest BCUT2D eigenvalue weighted by molar-refractivity contribution is 6.42. The molecule has 0 fully saturated rings. The van der Waals surface area contributed by atoms with Crippen molar-refractivity contribution < 1.29 is 9.59 Å². The van der Waals surface area contributed by atoms with Crippen molar-refractivity contribution in [2.24, 2.45) is 7.05 Å². The van der Waals surface area contributed by atoms with E-state index in [0.717, 1.165) is 16.7 Å². The summed E-state index contributed by atoms with van der Waals surface area (Å²) in [5, 5.41) is 2.85. The standard InChI is InChI=1S/C20H19N3O2/c1-14-5-7-15(8-6-14)18(16-9-11-21-12-10-16)22-20(25)19(24)17-4-3-13-23(17)2/h3-13,18H,1-2H3,(H,22,25)/t18-/m0/s1. The van der Waals surface area contributed by atoms with Crippen LogP contribution in [0.2, 0.25) is 0 Å². The van der Waals surface area contributed by atoms with Gasteiger partial charge in [0.1, 0.15) is 0 Å². The van der Waals surface area contributed by atoms with E-state index < -0.39 is 17.7 Å². The quantitative estimate of drug-likeness (QED) is 0.577. The third kappa shape index (κ3) is 3.66. The molecule has 126 valence electrons. The van der Waals surface area contributed by atoms with Gasteiger partial charge < -0.3 is 9.88 Å². The molecule has 2 aromatic heterocycles. The number of carbonyl (C=O) groups excluding carboxylic acids is 2. The Morgan fingerprint density at radius 1 is 1.00 bits per heavy atom. The monoisotopic (exact) mass is 333 g/mol. The number of carbonyl (C=O) groups is 2. The summed E-state index contributed by atoms with van der Waals surface area (Å²) in [4.78, 5) is 29.0. The zero-order valence-electron chi connectivity index (χ0n) is 14.1.